The number of rotatable bonds is 3. The summed E-state index contributed by atoms with van der Waals surface area (Å²) in [5.74, 6) is 0.619. The van der Waals surface area contributed by atoms with Crippen molar-refractivity contribution in [2.24, 2.45) is 0 Å². The lowest BCUT2D eigenvalue weighted by molar-refractivity contribution is -0.128. The number of aryl methyl sites for hydroxylation is 1. The first-order valence-corrected chi connectivity index (χ1v) is 6.45. The molecule has 1 amide bonds. The summed E-state index contributed by atoms with van der Waals surface area (Å²) in [6.07, 6.45) is 0.329. The van der Waals surface area contributed by atoms with Gasteiger partial charge < -0.3 is 9.42 Å². The molecule has 0 saturated carbocycles. The summed E-state index contributed by atoms with van der Waals surface area (Å²) in [7, 11) is 0. The number of carbonyl (C=O) groups excluding carboxylic acids is 1. The van der Waals surface area contributed by atoms with Crippen LogP contribution in [0.25, 0.3) is 0 Å². The Hall–Kier alpha value is -2.24. The number of halogens is 1. The third kappa shape index (κ3) is 2.41. The highest BCUT2D eigenvalue weighted by atomic mass is 19.1. The van der Waals surface area contributed by atoms with E-state index in [1.165, 1.54) is 6.07 Å². The molecule has 6 heteroatoms. The largest absolute Gasteiger partial charge is 0.339 e. The van der Waals surface area contributed by atoms with Gasteiger partial charge in [-0.1, -0.05) is 23.4 Å². The van der Waals surface area contributed by atoms with E-state index in [1.54, 1.807) is 30.0 Å². The van der Waals surface area contributed by atoms with Crippen molar-refractivity contribution in [3.63, 3.8) is 0 Å². The van der Waals surface area contributed by atoms with Gasteiger partial charge in [0.25, 0.3) is 0 Å². The van der Waals surface area contributed by atoms with Gasteiger partial charge in [-0.25, -0.2) is 4.39 Å². The number of hydrogen-bond acceptors (Lipinski definition) is 4. The number of amides is 1. The zero-order chi connectivity index (χ0) is 14.1. The lowest BCUT2D eigenvalue weighted by atomic mass is 10.1. The van der Waals surface area contributed by atoms with E-state index in [0.29, 0.717) is 30.2 Å². The van der Waals surface area contributed by atoms with E-state index in [4.69, 9.17) is 4.52 Å². The van der Waals surface area contributed by atoms with Crippen LogP contribution in [0.3, 0.4) is 0 Å². The summed E-state index contributed by atoms with van der Waals surface area (Å²) in [6, 6.07) is 6.48. The maximum absolute atomic E-state index is 13.6. The number of nitrogens with zero attached hydrogens (tertiary/aromatic N) is 3. The van der Waals surface area contributed by atoms with Crippen LogP contribution >= 0.6 is 0 Å². The number of benzene rings is 1. The van der Waals surface area contributed by atoms with E-state index in [9.17, 15) is 9.18 Å². The van der Waals surface area contributed by atoms with Gasteiger partial charge in [-0.2, -0.15) is 4.98 Å². The van der Waals surface area contributed by atoms with Crippen molar-refractivity contribution in [3.8, 4) is 0 Å². The molecule has 5 nitrogen and oxygen atoms in total. The van der Waals surface area contributed by atoms with E-state index >= 15 is 0 Å². The average Bonchev–Trinajstić information content (AvgIpc) is 2.99. The molecule has 3 rings (SSSR count). The molecule has 2 aromatic rings. The van der Waals surface area contributed by atoms with Crippen LogP contribution in [0.4, 0.5) is 4.39 Å². The smallest absolute Gasteiger partial charge is 0.232 e. The minimum Gasteiger partial charge on any atom is -0.339 e. The van der Waals surface area contributed by atoms with Crippen molar-refractivity contribution >= 4 is 5.91 Å². The van der Waals surface area contributed by atoms with Crippen molar-refractivity contribution in [2.75, 3.05) is 6.54 Å². The van der Waals surface area contributed by atoms with Crippen LogP contribution in [0.1, 0.15) is 29.6 Å². The van der Waals surface area contributed by atoms with Crippen LogP contribution in [-0.2, 0) is 11.3 Å². The summed E-state index contributed by atoms with van der Waals surface area (Å²) in [4.78, 5) is 17.8. The Morgan fingerprint density at radius 3 is 2.95 bits per heavy atom. The summed E-state index contributed by atoms with van der Waals surface area (Å²) in [5.41, 5.74) is 0.517. The van der Waals surface area contributed by atoms with E-state index in [2.05, 4.69) is 10.1 Å². The topological polar surface area (TPSA) is 59.2 Å². The van der Waals surface area contributed by atoms with Crippen LogP contribution in [0.5, 0.6) is 0 Å². The molecule has 2 heterocycles. The van der Waals surface area contributed by atoms with Gasteiger partial charge >= 0.3 is 0 Å². The fourth-order valence-electron chi connectivity index (χ4n) is 2.40. The highest BCUT2D eigenvalue weighted by molar-refractivity contribution is 5.79. The molecule has 1 aliphatic rings. The molecule has 0 N–H and O–H groups in total. The van der Waals surface area contributed by atoms with Gasteiger partial charge in [0.1, 0.15) is 5.82 Å². The third-order valence-electron chi connectivity index (χ3n) is 3.43. The molecule has 1 atom stereocenters. The van der Waals surface area contributed by atoms with Crippen LogP contribution in [0.15, 0.2) is 28.8 Å². The molecule has 20 heavy (non-hydrogen) atoms. The minimum atomic E-state index is -0.294. The van der Waals surface area contributed by atoms with Crippen molar-refractivity contribution in [3.05, 3.63) is 47.4 Å². The maximum atomic E-state index is 13.6. The molecule has 1 aromatic carbocycles. The minimum absolute atomic E-state index is 0.0193. The summed E-state index contributed by atoms with van der Waals surface area (Å²) >= 11 is 0. The lowest BCUT2D eigenvalue weighted by Crippen LogP contribution is -2.24. The number of aromatic nitrogens is 2. The summed E-state index contributed by atoms with van der Waals surface area (Å²) in [5, 5.41) is 3.73. The molecule has 0 spiro atoms. The molecule has 104 valence electrons. The standard InChI is InChI=1S/C14H14FN3O2/c1-9-16-14(20-17-9)11-6-13(19)18(8-11)7-10-4-2-3-5-12(10)15/h2-5,11H,6-8H2,1H3. The van der Waals surface area contributed by atoms with Gasteiger partial charge in [-0.15, -0.1) is 0 Å². The van der Waals surface area contributed by atoms with Crippen LogP contribution in [0.2, 0.25) is 0 Å². The quantitative estimate of drug-likeness (QED) is 0.860. The summed E-state index contributed by atoms with van der Waals surface area (Å²) in [6.45, 7) is 2.49. The summed E-state index contributed by atoms with van der Waals surface area (Å²) < 4.78 is 18.7. The van der Waals surface area contributed by atoms with E-state index < -0.39 is 0 Å². The Labute approximate surface area is 115 Å². The van der Waals surface area contributed by atoms with Crippen LogP contribution in [0, 0.1) is 12.7 Å². The van der Waals surface area contributed by atoms with Crippen molar-refractivity contribution in [2.45, 2.75) is 25.8 Å². The first kappa shape index (κ1) is 12.8. The Morgan fingerprint density at radius 1 is 1.45 bits per heavy atom. The first-order valence-electron chi connectivity index (χ1n) is 6.45. The molecule has 1 fully saturated rings. The molecule has 1 saturated heterocycles. The lowest BCUT2D eigenvalue weighted by Gasteiger charge is -2.16. The molecule has 0 bridgehead atoms. The Balaban J connectivity index is 1.73. The molecule has 0 radical (unpaired) electrons. The predicted octanol–water partition coefficient (Wildman–Crippen LogP) is 2.03. The van der Waals surface area contributed by atoms with Crippen molar-refractivity contribution in [1.82, 2.24) is 15.0 Å². The Kier molecular flexibility index (Phi) is 3.22. The van der Waals surface area contributed by atoms with E-state index in [1.807, 2.05) is 0 Å². The fourth-order valence-corrected chi connectivity index (χ4v) is 2.40. The molecular formula is C14H14FN3O2. The van der Waals surface area contributed by atoms with Gasteiger partial charge in [0.15, 0.2) is 5.82 Å². The average molecular weight is 275 g/mol. The van der Waals surface area contributed by atoms with Gasteiger partial charge in [-0.05, 0) is 13.0 Å². The van der Waals surface area contributed by atoms with Gasteiger partial charge in [0.2, 0.25) is 11.8 Å². The van der Waals surface area contributed by atoms with Crippen LogP contribution < -0.4 is 0 Å². The SMILES string of the molecule is Cc1noc(C2CC(=O)N(Cc3ccccc3F)C2)n1. The number of likely N-dealkylation sites (tertiary alicyclic amines) is 1. The maximum Gasteiger partial charge on any atom is 0.232 e. The zero-order valence-corrected chi connectivity index (χ0v) is 11.0. The second-order valence-electron chi connectivity index (χ2n) is 4.95. The molecule has 1 aliphatic heterocycles. The second-order valence-corrected chi connectivity index (χ2v) is 4.95. The number of hydrogen-bond donors (Lipinski definition) is 0. The van der Waals surface area contributed by atoms with Gasteiger partial charge in [0, 0.05) is 25.1 Å². The Bertz CT molecular complexity index is 641. The monoisotopic (exact) mass is 275 g/mol. The second kappa shape index (κ2) is 5.03. The predicted molar refractivity (Wildman–Crippen MR) is 68.2 cm³/mol. The van der Waals surface area contributed by atoms with Gasteiger partial charge in [0.05, 0.1) is 5.92 Å². The normalized spacial score (nSPS) is 18.8. The van der Waals surface area contributed by atoms with Crippen molar-refractivity contribution in [1.29, 1.82) is 0 Å². The van der Waals surface area contributed by atoms with Gasteiger partial charge in [-0.3, -0.25) is 4.79 Å². The molecule has 1 unspecified atom stereocenters. The van der Waals surface area contributed by atoms with E-state index in [-0.39, 0.29) is 24.2 Å². The van der Waals surface area contributed by atoms with Crippen molar-refractivity contribution < 1.29 is 13.7 Å². The van der Waals surface area contributed by atoms with E-state index in [0.717, 1.165) is 0 Å². The number of carbonyl (C=O) groups is 1. The highest BCUT2D eigenvalue weighted by Gasteiger charge is 2.34. The Morgan fingerprint density at radius 2 is 2.25 bits per heavy atom. The molecule has 0 aliphatic carbocycles. The highest BCUT2D eigenvalue weighted by Crippen LogP contribution is 2.28. The molecule has 1 aromatic heterocycles. The fraction of sp³-hybridized carbons (Fsp3) is 0.357. The molecular weight excluding hydrogens is 261 g/mol. The first-order chi connectivity index (χ1) is 9.63. The zero-order valence-electron chi connectivity index (χ0n) is 11.0. The van der Waals surface area contributed by atoms with Crippen LogP contribution in [-0.4, -0.2) is 27.5 Å². The third-order valence-corrected chi connectivity index (χ3v) is 3.43.